The molecule has 0 saturated carbocycles. The zero-order chi connectivity index (χ0) is 23.8. The van der Waals surface area contributed by atoms with Gasteiger partial charge in [0.25, 0.3) is 0 Å². The van der Waals surface area contributed by atoms with Gasteiger partial charge < -0.3 is 14.6 Å². The third kappa shape index (κ3) is 5.28. The minimum absolute atomic E-state index is 0.0621. The molecule has 0 bridgehead atoms. The van der Waals surface area contributed by atoms with E-state index < -0.39 is 48.5 Å². The first-order chi connectivity index (χ1) is 15.7. The van der Waals surface area contributed by atoms with E-state index in [1.54, 1.807) is 6.07 Å². The first-order valence-corrected chi connectivity index (χ1v) is 10.3. The van der Waals surface area contributed by atoms with Gasteiger partial charge in [-0.2, -0.15) is 0 Å². The van der Waals surface area contributed by atoms with E-state index in [1.807, 2.05) is 18.2 Å². The molecule has 11 heteroatoms. The van der Waals surface area contributed by atoms with Gasteiger partial charge in [-0.15, -0.1) is 13.2 Å². The van der Waals surface area contributed by atoms with Crippen LogP contribution in [0.25, 0.3) is 0 Å². The topological polar surface area (TPSA) is 63.2 Å². The van der Waals surface area contributed by atoms with Crippen LogP contribution >= 0.6 is 0 Å². The van der Waals surface area contributed by atoms with Crippen molar-refractivity contribution in [2.24, 2.45) is 0 Å². The fourth-order valence-corrected chi connectivity index (χ4v) is 4.34. The van der Waals surface area contributed by atoms with Gasteiger partial charge in [-0.25, -0.2) is 8.78 Å². The summed E-state index contributed by atoms with van der Waals surface area (Å²) in [7, 11) is 1.50. The van der Waals surface area contributed by atoms with E-state index in [4.69, 9.17) is 9.47 Å². The number of fused-ring (bicyclic) bond motifs is 1. The summed E-state index contributed by atoms with van der Waals surface area (Å²) in [6.07, 6.45) is -7.89. The summed E-state index contributed by atoms with van der Waals surface area (Å²) in [6.45, 7) is -0.264. The van der Waals surface area contributed by atoms with Gasteiger partial charge in [-0.1, -0.05) is 24.3 Å². The van der Waals surface area contributed by atoms with E-state index in [0.717, 1.165) is 11.6 Å². The second-order valence-electron chi connectivity index (χ2n) is 7.97. The molecule has 4 unspecified atom stereocenters. The van der Waals surface area contributed by atoms with E-state index in [9.17, 15) is 27.1 Å². The lowest BCUT2D eigenvalue weighted by molar-refractivity contribution is -0.356. The number of aliphatic hydroxyl groups is 1. The highest BCUT2D eigenvalue weighted by Crippen LogP contribution is 2.37. The molecule has 6 nitrogen and oxygen atoms in total. The van der Waals surface area contributed by atoms with Crippen molar-refractivity contribution >= 4 is 0 Å². The third-order valence-electron chi connectivity index (χ3n) is 5.80. The van der Waals surface area contributed by atoms with Crippen molar-refractivity contribution < 1.29 is 41.3 Å². The number of hydrogen-bond acceptors (Lipinski definition) is 6. The molecule has 0 radical (unpaired) electrons. The molecule has 0 aromatic heterocycles. The standard InChI is InChI=1S/C22H23F5N2O4/c1-31-20-15-4-2-3-5-18(15)32-11-17(20)28-21(30)19(14-7-6-12(23)8-16(14)24)29-9-13(10-29)33-22(25,26)27/h2-8,13,17,19-21,28,30H,9-11H2,1H3. The van der Waals surface area contributed by atoms with Crippen LogP contribution in [0.4, 0.5) is 22.0 Å². The predicted octanol–water partition coefficient (Wildman–Crippen LogP) is 3.28. The number of methoxy groups -OCH3 is 1. The Morgan fingerprint density at radius 1 is 1.15 bits per heavy atom. The SMILES string of the molecule is COC1c2ccccc2OCC1NC(O)C(c1ccc(F)cc1F)N1CC(OC(F)(F)F)C1. The van der Waals surface area contributed by atoms with Crippen LogP contribution in [0.15, 0.2) is 42.5 Å². The lowest BCUT2D eigenvalue weighted by atomic mass is 9.95. The van der Waals surface area contributed by atoms with Crippen molar-refractivity contribution in [3.8, 4) is 5.75 Å². The molecule has 4 rings (SSSR count). The number of benzene rings is 2. The summed E-state index contributed by atoms with van der Waals surface area (Å²) < 4.78 is 81.0. The summed E-state index contributed by atoms with van der Waals surface area (Å²) in [5, 5.41) is 14.0. The summed E-state index contributed by atoms with van der Waals surface area (Å²) in [4.78, 5) is 1.43. The Morgan fingerprint density at radius 3 is 2.55 bits per heavy atom. The van der Waals surface area contributed by atoms with Crippen LogP contribution in [0.2, 0.25) is 0 Å². The molecule has 0 spiro atoms. The number of nitrogens with zero attached hydrogens (tertiary/aromatic N) is 1. The Bertz CT molecular complexity index is 970. The number of aliphatic hydroxyl groups excluding tert-OH is 1. The number of ether oxygens (including phenoxy) is 3. The smallest absolute Gasteiger partial charge is 0.491 e. The third-order valence-corrected chi connectivity index (χ3v) is 5.80. The lowest BCUT2D eigenvalue weighted by Crippen LogP contribution is -2.60. The van der Waals surface area contributed by atoms with Crippen LogP contribution in [-0.2, 0) is 9.47 Å². The molecule has 0 aliphatic carbocycles. The van der Waals surface area contributed by atoms with Crippen LogP contribution in [0, 0.1) is 11.6 Å². The molecule has 2 aliphatic heterocycles. The van der Waals surface area contributed by atoms with Crippen LogP contribution in [0.1, 0.15) is 23.3 Å². The maximum Gasteiger partial charge on any atom is 0.522 e. The van der Waals surface area contributed by atoms with E-state index in [2.05, 4.69) is 10.1 Å². The zero-order valence-corrected chi connectivity index (χ0v) is 17.6. The Hall–Kier alpha value is -2.31. The van der Waals surface area contributed by atoms with Crippen LogP contribution in [0.3, 0.4) is 0 Å². The maximum absolute atomic E-state index is 14.6. The average molecular weight is 474 g/mol. The summed E-state index contributed by atoms with van der Waals surface area (Å²) in [5.41, 5.74) is 0.691. The second kappa shape index (κ2) is 9.51. The van der Waals surface area contributed by atoms with Crippen LogP contribution in [0.5, 0.6) is 5.75 Å². The molecule has 1 fully saturated rings. The number of para-hydroxylation sites is 1. The van der Waals surface area contributed by atoms with Crippen LogP contribution in [-0.4, -0.2) is 61.5 Å². The van der Waals surface area contributed by atoms with Crippen molar-refractivity contribution in [1.82, 2.24) is 10.2 Å². The predicted molar refractivity (Wildman–Crippen MR) is 106 cm³/mol. The highest BCUT2D eigenvalue weighted by molar-refractivity contribution is 5.38. The molecular weight excluding hydrogens is 451 g/mol. The number of rotatable bonds is 7. The number of halogens is 5. The molecule has 0 amide bonds. The van der Waals surface area contributed by atoms with Gasteiger partial charge in [0.2, 0.25) is 0 Å². The minimum Gasteiger partial charge on any atom is -0.491 e. The van der Waals surface area contributed by atoms with Gasteiger partial charge in [0, 0.05) is 37.4 Å². The van der Waals surface area contributed by atoms with Gasteiger partial charge in [-0.05, 0) is 12.1 Å². The van der Waals surface area contributed by atoms with Crippen molar-refractivity contribution in [1.29, 1.82) is 0 Å². The molecule has 2 heterocycles. The van der Waals surface area contributed by atoms with E-state index >= 15 is 0 Å². The fourth-order valence-electron chi connectivity index (χ4n) is 4.34. The molecule has 2 aliphatic rings. The number of likely N-dealkylation sites (tertiary alicyclic amines) is 1. The fraction of sp³-hybridized carbons (Fsp3) is 0.455. The highest BCUT2D eigenvalue weighted by atomic mass is 19.4. The Balaban J connectivity index is 1.54. The maximum atomic E-state index is 14.6. The van der Waals surface area contributed by atoms with E-state index in [0.29, 0.717) is 11.8 Å². The largest absolute Gasteiger partial charge is 0.522 e. The number of alkyl halides is 3. The first-order valence-electron chi connectivity index (χ1n) is 10.3. The lowest BCUT2D eigenvalue weighted by Gasteiger charge is -2.46. The van der Waals surface area contributed by atoms with Crippen LogP contribution < -0.4 is 10.1 Å². The van der Waals surface area contributed by atoms with E-state index in [1.165, 1.54) is 18.1 Å². The normalized spacial score (nSPS) is 23.4. The van der Waals surface area contributed by atoms with Gasteiger partial charge in [-0.3, -0.25) is 15.0 Å². The highest BCUT2D eigenvalue weighted by Gasteiger charge is 2.45. The van der Waals surface area contributed by atoms with Gasteiger partial charge in [0.05, 0.1) is 18.2 Å². The summed E-state index contributed by atoms with van der Waals surface area (Å²) >= 11 is 0. The first kappa shape index (κ1) is 23.8. The minimum atomic E-state index is -4.80. The Kier molecular flexibility index (Phi) is 6.87. The number of hydrogen-bond donors (Lipinski definition) is 2. The monoisotopic (exact) mass is 474 g/mol. The number of nitrogens with one attached hydrogen (secondary N) is 1. The molecule has 1 saturated heterocycles. The van der Waals surface area contributed by atoms with Gasteiger partial charge in [0.15, 0.2) is 0 Å². The van der Waals surface area contributed by atoms with E-state index in [-0.39, 0.29) is 25.3 Å². The summed E-state index contributed by atoms with van der Waals surface area (Å²) in [5.74, 6) is -1.10. The Morgan fingerprint density at radius 2 is 1.88 bits per heavy atom. The van der Waals surface area contributed by atoms with Crippen molar-refractivity contribution in [2.75, 3.05) is 26.8 Å². The zero-order valence-electron chi connectivity index (χ0n) is 17.6. The molecule has 2 aromatic rings. The molecule has 4 atom stereocenters. The summed E-state index contributed by atoms with van der Waals surface area (Å²) in [6, 6.07) is 8.42. The van der Waals surface area contributed by atoms with Crippen molar-refractivity contribution in [3.63, 3.8) is 0 Å². The van der Waals surface area contributed by atoms with Gasteiger partial charge >= 0.3 is 6.36 Å². The van der Waals surface area contributed by atoms with Crippen molar-refractivity contribution in [2.45, 2.75) is 36.9 Å². The van der Waals surface area contributed by atoms with Gasteiger partial charge in [0.1, 0.15) is 36.3 Å². The molecule has 2 aromatic carbocycles. The second-order valence-corrected chi connectivity index (χ2v) is 7.97. The molecule has 33 heavy (non-hydrogen) atoms. The molecular formula is C22H23F5N2O4. The molecule has 2 N–H and O–H groups in total. The van der Waals surface area contributed by atoms with Crippen molar-refractivity contribution in [3.05, 3.63) is 65.2 Å². The Labute approximate surface area is 186 Å². The quantitative estimate of drug-likeness (QED) is 0.475. The average Bonchev–Trinajstić information content (AvgIpc) is 2.72. The molecule has 180 valence electrons.